The van der Waals surface area contributed by atoms with E-state index in [1.54, 1.807) is 18.2 Å². The van der Waals surface area contributed by atoms with Crippen molar-refractivity contribution in [2.75, 3.05) is 6.61 Å². The SMILES string of the molecule is O=C(COc1ccc(Cl)cc1Cl)NCc1nc2ccccc2[nH]1. The molecular weight excluding hydrogens is 337 g/mol. The van der Waals surface area contributed by atoms with E-state index in [1.165, 1.54) is 0 Å². The molecule has 0 aliphatic rings. The molecule has 7 heteroatoms. The third-order valence-corrected chi connectivity index (χ3v) is 3.67. The fraction of sp³-hybridized carbons (Fsp3) is 0.125. The Hall–Kier alpha value is -2.24. The van der Waals surface area contributed by atoms with Crippen LogP contribution in [0.2, 0.25) is 10.0 Å². The number of aromatic nitrogens is 2. The number of hydrogen-bond acceptors (Lipinski definition) is 3. The van der Waals surface area contributed by atoms with Crippen LogP contribution in [0, 0.1) is 0 Å². The van der Waals surface area contributed by atoms with Crippen LogP contribution in [0.5, 0.6) is 5.75 Å². The van der Waals surface area contributed by atoms with Gasteiger partial charge in [0, 0.05) is 5.02 Å². The molecule has 0 saturated heterocycles. The van der Waals surface area contributed by atoms with Crippen molar-refractivity contribution in [1.82, 2.24) is 15.3 Å². The number of amides is 1. The van der Waals surface area contributed by atoms with Gasteiger partial charge in [0.25, 0.3) is 5.91 Å². The maximum absolute atomic E-state index is 11.8. The van der Waals surface area contributed by atoms with Crippen molar-refractivity contribution in [2.45, 2.75) is 6.54 Å². The number of H-pyrrole nitrogens is 1. The molecule has 0 aliphatic heterocycles. The molecular formula is C16H13Cl2N3O2. The van der Waals surface area contributed by atoms with Gasteiger partial charge in [-0.3, -0.25) is 4.79 Å². The minimum atomic E-state index is -0.267. The molecule has 0 unspecified atom stereocenters. The summed E-state index contributed by atoms with van der Waals surface area (Å²) >= 11 is 11.8. The van der Waals surface area contributed by atoms with Crippen LogP contribution >= 0.6 is 23.2 Å². The maximum Gasteiger partial charge on any atom is 0.258 e. The van der Waals surface area contributed by atoms with E-state index in [0.29, 0.717) is 28.2 Å². The number of imidazole rings is 1. The van der Waals surface area contributed by atoms with Gasteiger partial charge in [0.05, 0.1) is 22.6 Å². The molecule has 0 atom stereocenters. The van der Waals surface area contributed by atoms with Gasteiger partial charge in [-0.2, -0.15) is 0 Å². The van der Waals surface area contributed by atoms with Crippen LogP contribution in [0.1, 0.15) is 5.82 Å². The Balaban J connectivity index is 1.53. The summed E-state index contributed by atoms with van der Waals surface area (Å²) in [6, 6.07) is 12.5. The molecule has 2 N–H and O–H groups in total. The fourth-order valence-electron chi connectivity index (χ4n) is 2.06. The van der Waals surface area contributed by atoms with Crippen LogP contribution in [0.3, 0.4) is 0 Å². The molecule has 118 valence electrons. The zero-order valence-electron chi connectivity index (χ0n) is 12.0. The molecule has 3 rings (SSSR count). The monoisotopic (exact) mass is 349 g/mol. The highest BCUT2D eigenvalue weighted by Crippen LogP contribution is 2.27. The fourth-order valence-corrected chi connectivity index (χ4v) is 2.52. The van der Waals surface area contributed by atoms with E-state index >= 15 is 0 Å². The number of carbonyl (C=O) groups excluding carboxylic acids is 1. The zero-order chi connectivity index (χ0) is 16.2. The van der Waals surface area contributed by atoms with Gasteiger partial charge in [-0.25, -0.2) is 4.98 Å². The molecule has 5 nitrogen and oxygen atoms in total. The van der Waals surface area contributed by atoms with Crippen LogP contribution in [-0.4, -0.2) is 22.5 Å². The first-order valence-electron chi connectivity index (χ1n) is 6.90. The first kappa shape index (κ1) is 15.6. The predicted octanol–water partition coefficient (Wildman–Crippen LogP) is 3.56. The first-order valence-corrected chi connectivity index (χ1v) is 7.65. The third-order valence-electron chi connectivity index (χ3n) is 3.14. The molecule has 1 aromatic heterocycles. The summed E-state index contributed by atoms with van der Waals surface area (Å²) in [5.74, 6) is 0.829. The lowest BCUT2D eigenvalue weighted by Crippen LogP contribution is -2.28. The van der Waals surface area contributed by atoms with Gasteiger partial charge in [0.1, 0.15) is 11.6 Å². The van der Waals surface area contributed by atoms with Crippen LogP contribution in [0.25, 0.3) is 11.0 Å². The van der Waals surface area contributed by atoms with Gasteiger partial charge < -0.3 is 15.0 Å². The van der Waals surface area contributed by atoms with E-state index in [1.807, 2.05) is 24.3 Å². The smallest absolute Gasteiger partial charge is 0.258 e. The average Bonchev–Trinajstić information content (AvgIpc) is 2.95. The van der Waals surface area contributed by atoms with Crippen LogP contribution in [0.4, 0.5) is 0 Å². The quantitative estimate of drug-likeness (QED) is 0.739. The second kappa shape index (κ2) is 6.89. The molecule has 1 heterocycles. The summed E-state index contributed by atoms with van der Waals surface area (Å²) in [7, 11) is 0. The largest absolute Gasteiger partial charge is 0.482 e. The van der Waals surface area contributed by atoms with Crippen LogP contribution in [-0.2, 0) is 11.3 Å². The summed E-state index contributed by atoms with van der Waals surface area (Å²) in [5, 5.41) is 3.61. The number of halogens is 2. The molecule has 0 aliphatic carbocycles. The molecule has 0 spiro atoms. The number of ether oxygens (including phenoxy) is 1. The molecule has 0 bridgehead atoms. The Bertz CT molecular complexity index is 815. The van der Waals surface area contributed by atoms with Gasteiger partial charge >= 0.3 is 0 Å². The van der Waals surface area contributed by atoms with E-state index in [2.05, 4.69) is 15.3 Å². The maximum atomic E-state index is 11.8. The Morgan fingerprint density at radius 1 is 1.22 bits per heavy atom. The normalized spacial score (nSPS) is 10.7. The number of para-hydroxylation sites is 2. The highest BCUT2D eigenvalue weighted by Gasteiger charge is 2.08. The number of nitrogens with one attached hydrogen (secondary N) is 2. The Morgan fingerprint density at radius 3 is 2.83 bits per heavy atom. The Morgan fingerprint density at radius 2 is 2.04 bits per heavy atom. The lowest BCUT2D eigenvalue weighted by Gasteiger charge is -2.08. The highest BCUT2D eigenvalue weighted by atomic mass is 35.5. The predicted molar refractivity (Wildman–Crippen MR) is 89.9 cm³/mol. The van der Waals surface area contributed by atoms with E-state index in [-0.39, 0.29) is 12.5 Å². The van der Waals surface area contributed by atoms with E-state index < -0.39 is 0 Å². The Labute approximate surface area is 142 Å². The van der Waals surface area contributed by atoms with Crippen molar-refractivity contribution in [3.8, 4) is 5.75 Å². The van der Waals surface area contributed by atoms with Gasteiger partial charge in [-0.05, 0) is 30.3 Å². The van der Waals surface area contributed by atoms with Crippen LogP contribution in [0.15, 0.2) is 42.5 Å². The number of benzene rings is 2. The first-order chi connectivity index (χ1) is 11.1. The van der Waals surface area contributed by atoms with Crippen molar-refractivity contribution in [3.63, 3.8) is 0 Å². The molecule has 0 saturated carbocycles. The minimum Gasteiger partial charge on any atom is -0.482 e. The molecule has 3 aromatic rings. The summed E-state index contributed by atoms with van der Waals surface area (Å²) in [4.78, 5) is 19.4. The molecule has 0 radical (unpaired) electrons. The van der Waals surface area contributed by atoms with Crippen molar-refractivity contribution >= 4 is 40.1 Å². The standard InChI is InChI=1S/C16H13Cl2N3O2/c17-10-5-6-14(11(18)7-10)23-9-16(22)19-8-15-20-12-3-1-2-4-13(12)21-15/h1-7H,8-9H2,(H,19,22)(H,20,21). The summed E-state index contributed by atoms with van der Waals surface area (Å²) in [6.07, 6.45) is 0. The summed E-state index contributed by atoms with van der Waals surface area (Å²) in [6.45, 7) is 0.160. The third kappa shape index (κ3) is 3.94. The summed E-state index contributed by atoms with van der Waals surface area (Å²) < 4.78 is 5.37. The van der Waals surface area contributed by atoms with Crippen LogP contribution < -0.4 is 10.1 Å². The average molecular weight is 350 g/mol. The van der Waals surface area contributed by atoms with Crippen molar-refractivity contribution < 1.29 is 9.53 Å². The number of aromatic amines is 1. The molecule has 23 heavy (non-hydrogen) atoms. The number of carbonyl (C=O) groups is 1. The van der Waals surface area contributed by atoms with Gasteiger partial charge in [-0.1, -0.05) is 35.3 Å². The second-order valence-electron chi connectivity index (χ2n) is 4.84. The summed E-state index contributed by atoms with van der Waals surface area (Å²) in [5.41, 5.74) is 1.79. The topological polar surface area (TPSA) is 67.0 Å². The lowest BCUT2D eigenvalue weighted by atomic mass is 10.3. The number of nitrogens with zero attached hydrogens (tertiary/aromatic N) is 1. The van der Waals surface area contributed by atoms with Crippen molar-refractivity contribution in [1.29, 1.82) is 0 Å². The minimum absolute atomic E-state index is 0.137. The number of hydrogen-bond donors (Lipinski definition) is 2. The van der Waals surface area contributed by atoms with Gasteiger partial charge in [0.15, 0.2) is 6.61 Å². The van der Waals surface area contributed by atoms with Gasteiger partial charge in [0.2, 0.25) is 0 Å². The lowest BCUT2D eigenvalue weighted by molar-refractivity contribution is -0.123. The number of rotatable bonds is 5. The molecule has 0 fully saturated rings. The molecule has 2 aromatic carbocycles. The zero-order valence-corrected chi connectivity index (χ0v) is 13.5. The van der Waals surface area contributed by atoms with Crippen molar-refractivity contribution in [3.05, 3.63) is 58.3 Å². The molecule has 1 amide bonds. The second-order valence-corrected chi connectivity index (χ2v) is 5.68. The highest BCUT2D eigenvalue weighted by molar-refractivity contribution is 6.35. The van der Waals surface area contributed by atoms with E-state index in [4.69, 9.17) is 27.9 Å². The van der Waals surface area contributed by atoms with E-state index in [9.17, 15) is 4.79 Å². The number of fused-ring (bicyclic) bond motifs is 1. The van der Waals surface area contributed by atoms with Crippen molar-refractivity contribution in [2.24, 2.45) is 0 Å². The van der Waals surface area contributed by atoms with Gasteiger partial charge in [-0.15, -0.1) is 0 Å². The Kier molecular flexibility index (Phi) is 4.69. The van der Waals surface area contributed by atoms with E-state index in [0.717, 1.165) is 11.0 Å².